The van der Waals surface area contributed by atoms with Crippen LogP contribution in [-0.4, -0.2) is 24.9 Å². The van der Waals surface area contributed by atoms with Gasteiger partial charge in [-0.1, -0.05) is 25.4 Å². The molecule has 0 unspecified atom stereocenters. The van der Waals surface area contributed by atoms with E-state index in [0.29, 0.717) is 18.1 Å². The third-order valence-electron chi connectivity index (χ3n) is 2.99. The fourth-order valence-electron chi connectivity index (χ4n) is 1.86. The van der Waals surface area contributed by atoms with Crippen LogP contribution in [-0.2, 0) is 9.59 Å². The molecule has 0 fully saturated rings. The number of aryl methyl sites for hydroxylation is 1. The Morgan fingerprint density at radius 1 is 1.35 bits per heavy atom. The lowest BCUT2D eigenvalue weighted by molar-refractivity contribution is -0.124. The summed E-state index contributed by atoms with van der Waals surface area (Å²) in [4.78, 5) is 24.9. The molecule has 0 radical (unpaired) electrons. The molecule has 0 saturated carbocycles. The molecule has 0 aliphatic heterocycles. The summed E-state index contributed by atoms with van der Waals surface area (Å²) in [6.45, 7) is 7.96. The van der Waals surface area contributed by atoms with Crippen molar-refractivity contribution in [2.45, 2.75) is 27.7 Å². The second-order valence-corrected chi connectivity index (χ2v) is 5.48. The van der Waals surface area contributed by atoms with E-state index in [4.69, 9.17) is 11.6 Å². The van der Waals surface area contributed by atoms with Gasteiger partial charge in [-0.15, -0.1) is 0 Å². The maximum Gasteiger partial charge on any atom is 0.223 e. The summed E-state index contributed by atoms with van der Waals surface area (Å²) in [7, 11) is 0. The Morgan fingerprint density at radius 3 is 2.50 bits per heavy atom. The molecular formula is C15H21ClN2O2. The summed E-state index contributed by atoms with van der Waals surface area (Å²) < 4.78 is 0. The molecule has 1 rings (SSSR count). The molecule has 0 atom stereocenters. The maximum absolute atomic E-state index is 11.8. The molecule has 0 aliphatic carbocycles. The number of nitrogens with one attached hydrogen (secondary N) is 1. The molecule has 0 spiro atoms. The predicted octanol–water partition coefficient (Wildman–Crippen LogP) is 2.77. The fourth-order valence-corrected chi connectivity index (χ4v) is 2.09. The second kappa shape index (κ2) is 7.29. The highest BCUT2D eigenvalue weighted by Crippen LogP contribution is 2.23. The number of carbonyl (C=O) groups excluding carboxylic acids is 2. The first-order chi connectivity index (χ1) is 9.32. The average Bonchev–Trinajstić information content (AvgIpc) is 2.35. The van der Waals surface area contributed by atoms with E-state index in [0.717, 1.165) is 11.3 Å². The molecule has 0 bridgehead atoms. The largest absolute Gasteiger partial charge is 0.354 e. The molecule has 0 heterocycles. The average molecular weight is 297 g/mol. The third kappa shape index (κ3) is 4.53. The van der Waals surface area contributed by atoms with Crippen LogP contribution in [0, 0.1) is 12.8 Å². The summed E-state index contributed by atoms with van der Waals surface area (Å²) in [6.07, 6.45) is 0. The Kier molecular flexibility index (Phi) is 6.02. The van der Waals surface area contributed by atoms with Gasteiger partial charge in [-0.3, -0.25) is 9.59 Å². The minimum Gasteiger partial charge on any atom is -0.354 e. The van der Waals surface area contributed by atoms with Crippen molar-refractivity contribution in [3.05, 3.63) is 28.8 Å². The molecular weight excluding hydrogens is 276 g/mol. The number of rotatable bonds is 5. The standard InChI is InChI=1S/C15H21ClN2O2/c1-10(2)15(20)17-7-8-18(12(4)19)14-6-5-13(16)9-11(14)3/h5-6,9-10H,7-8H2,1-4H3,(H,17,20). The van der Waals surface area contributed by atoms with E-state index in [9.17, 15) is 9.59 Å². The van der Waals surface area contributed by atoms with Crippen LogP contribution in [0.2, 0.25) is 5.02 Å². The van der Waals surface area contributed by atoms with Crippen molar-refractivity contribution in [1.82, 2.24) is 5.32 Å². The van der Waals surface area contributed by atoms with Gasteiger partial charge in [0.1, 0.15) is 0 Å². The highest BCUT2D eigenvalue weighted by atomic mass is 35.5. The van der Waals surface area contributed by atoms with Crippen molar-refractivity contribution >= 4 is 29.1 Å². The number of amides is 2. The molecule has 1 aromatic rings. The van der Waals surface area contributed by atoms with E-state index >= 15 is 0 Å². The van der Waals surface area contributed by atoms with Gasteiger partial charge in [0.05, 0.1) is 0 Å². The van der Waals surface area contributed by atoms with Crippen LogP contribution >= 0.6 is 11.6 Å². The van der Waals surface area contributed by atoms with Gasteiger partial charge in [-0.05, 0) is 30.7 Å². The highest BCUT2D eigenvalue weighted by molar-refractivity contribution is 6.30. The van der Waals surface area contributed by atoms with E-state index < -0.39 is 0 Å². The van der Waals surface area contributed by atoms with Gasteiger partial charge in [0.25, 0.3) is 0 Å². The van der Waals surface area contributed by atoms with Crippen LogP contribution in [0.5, 0.6) is 0 Å². The number of nitrogens with zero attached hydrogens (tertiary/aromatic N) is 1. The van der Waals surface area contributed by atoms with Crippen LogP contribution in [0.3, 0.4) is 0 Å². The topological polar surface area (TPSA) is 49.4 Å². The lowest BCUT2D eigenvalue weighted by Crippen LogP contribution is -2.39. The molecule has 20 heavy (non-hydrogen) atoms. The van der Waals surface area contributed by atoms with Gasteiger partial charge in [0, 0.05) is 36.6 Å². The van der Waals surface area contributed by atoms with Crippen LogP contribution in [0.4, 0.5) is 5.69 Å². The molecule has 5 heteroatoms. The molecule has 0 aliphatic rings. The van der Waals surface area contributed by atoms with Gasteiger partial charge in [-0.25, -0.2) is 0 Å². The summed E-state index contributed by atoms with van der Waals surface area (Å²) in [5.74, 6) is -0.131. The molecule has 1 aromatic carbocycles. The van der Waals surface area contributed by atoms with Crippen molar-refractivity contribution in [2.75, 3.05) is 18.0 Å². The van der Waals surface area contributed by atoms with E-state index in [2.05, 4.69) is 5.32 Å². The zero-order valence-corrected chi connectivity index (χ0v) is 13.1. The first kappa shape index (κ1) is 16.5. The van der Waals surface area contributed by atoms with E-state index in [1.165, 1.54) is 6.92 Å². The van der Waals surface area contributed by atoms with Crippen LogP contribution in [0.15, 0.2) is 18.2 Å². The van der Waals surface area contributed by atoms with Gasteiger partial charge in [0.2, 0.25) is 11.8 Å². The summed E-state index contributed by atoms with van der Waals surface area (Å²) in [6, 6.07) is 5.40. The first-order valence-corrected chi connectivity index (χ1v) is 7.02. The molecule has 110 valence electrons. The van der Waals surface area contributed by atoms with Crippen LogP contribution in [0.1, 0.15) is 26.3 Å². The van der Waals surface area contributed by atoms with Crippen molar-refractivity contribution in [3.8, 4) is 0 Å². The number of halogens is 1. The highest BCUT2D eigenvalue weighted by Gasteiger charge is 2.14. The molecule has 0 saturated heterocycles. The SMILES string of the molecule is CC(=O)N(CCNC(=O)C(C)C)c1ccc(Cl)cc1C. The van der Waals surface area contributed by atoms with Crippen LogP contribution < -0.4 is 10.2 Å². The minimum atomic E-state index is -0.0609. The lowest BCUT2D eigenvalue weighted by atomic mass is 10.1. The summed E-state index contributed by atoms with van der Waals surface area (Å²) >= 11 is 5.92. The fraction of sp³-hybridized carbons (Fsp3) is 0.467. The number of hydrogen-bond donors (Lipinski definition) is 1. The van der Waals surface area contributed by atoms with E-state index in [1.54, 1.807) is 11.0 Å². The van der Waals surface area contributed by atoms with E-state index in [-0.39, 0.29) is 17.7 Å². The smallest absolute Gasteiger partial charge is 0.223 e. The Morgan fingerprint density at radius 2 is 2.00 bits per heavy atom. The Balaban J connectivity index is 2.75. The maximum atomic E-state index is 11.8. The minimum absolute atomic E-state index is 0.0127. The predicted molar refractivity (Wildman–Crippen MR) is 82.1 cm³/mol. The molecule has 0 aromatic heterocycles. The molecule has 1 N–H and O–H groups in total. The molecule has 4 nitrogen and oxygen atoms in total. The van der Waals surface area contributed by atoms with Crippen molar-refractivity contribution < 1.29 is 9.59 Å². The number of carbonyl (C=O) groups is 2. The van der Waals surface area contributed by atoms with Crippen LogP contribution in [0.25, 0.3) is 0 Å². The molecule has 2 amide bonds. The van der Waals surface area contributed by atoms with Gasteiger partial charge in [0.15, 0.2) is 0 Å². The normalized spacial score (nSPS) is 10.5. The number of anilines is 1. The van der Waals surface area contributed by atoms with Crippen molar-refractivity contribution in [3.63, 3.8) is 0 Å². The Labute approximate surface area is 125 Å². The van der Waals surface area contributed by atoms with E-state index in [1.807, 2.05) is 32.9 Å². The third-order valence-corrected chi connectivity index (χ3v) is 3.22. The monoisotopic (exact) mass is 296 g/mol. The lowest BCUT2D eigenvalue weighted by Gasteiger charge is -2.23. The Bertz CT molecular complexity index is 501. The summed E-state index contributed by atoms with van der Waals surface area (Å²) in [5, 5.41) is 3.45. The van der Waals surface area contributed by atoms with Gasteiger partial charge in [-0.2, -0.15) is 0 Å². The zero-order chi connectivity index (χ0) is 15.3. The summed E-state index contributed by atoms with van der Waals surface area (Å²) in [5.41, 5.74) is 1.75. The quantitative estimate of drug-likeness (QED) is 0.908. The van der Waals surface area contributed by atoms with Crippen molar-refractivity contribution in [1.29, 1.82) is 0 Å². The second-order valence-electron chi connectivity index (χ2n) is 5.05. The van der Waals surface area contributed by atoms with Gasteiger partial charge >= 0.3 is 0 Å². The first-order valence-electron chi connectivity index (χ1n) is 6.65. The number of benzene rings is 1. The van der Waals surface area contributed by atoms with Gasteiger partial charge < -0.3 is 10.2 Å². The number of hydrogen-bond acceptors (Lipinski definition) is 2. The van der Waals surface area contributed by atoms with Crippen molar-refractivity contribution in [2.24, 2.45) is 5.92 Å². The Hall–Kier alpha value is -1.55. The zero-order valence-electron chi connectivity index (χ0n) is 12.4.